The summed E-state index contributed by atoms with van der Waals surface area (Å²) in [7, 11) is 1.67. The molecule has 0 bridgehead atoms. The molecule has 0 unspecified atom stereocenters. The molecule has 0 aliphatic carbocycles. The molecule has 0 atom stereocenters. The lowest BCUT2D eigenvalue weighted by Crippen LogP contribution is -2.48. The third-order valence-electron chi connectivity index (χ3n) is 4.60. The summed E-state index contributed by atoms with van der Waals surface area (Å²) in [6, 6.07) is 0.156. The number of urea groups is 1. The Bertz CT molecular complexity index is 384. The SMILES string of the molecule is COCCNCCNC(=O)C1CCN(C(=O)N2CCCC2)CC1.Cl. The molecule has 2 rings (SSSR count). The highest BCUT2D eigenvalue weighted by Crippen LogP contribution is 2.20. The molecule has 8 heteroatoms. The van der Waals surface area contributed by atoms with Gasteiger partial charge in [-0.2, -0.15) is 0 Å². The number of halogens is 1. The molecule has 2 fully saturated rings. The van der Waals surface area contributed by atoms with E-state index >= 15 is 0 Å². The van der Waals surface area contributed by atoms with Crippen LogP contribution in [0.15, 0.2) is 0 Å². The van der Waals surface area contributed by atoms with Gasteiger partial charge in [0.2, 0.25) is 5.91 Å². The largest absolute Gasteiger partial charge is 0.383 e. The fourth-order valence-electron chi connectivity index (χ4n) is 3.16. The van der Waals surface area contributed by atoms with Gasteiger partial charge in [0, 0.05) is 58.8 Å². The Morgan fingerprint density at radius 3 is 2.25 bits per heavy atom. The van der Waals surface area contributed by atoms with Crippen molar-refractivity contribution in [2.24, 2.45) is 5.92 Å². The number of methoxy groups -OCH3 is 1. The van der Waals surface area contributed by atoms with Gasteiger partial charge in [0.05, 0.1) is 6.61 Å². The smallest absolute Gasteiger partial charge is 0.319 e. The Kier molecular flexibility index (Phi) is 10.1. The second-order valence-electron chi connectivity index (χ2n) is 6.27. The van der Waals surface area contributed by atoms with Crippen LogP contribution in [0.2, 0.25) is 0 Å². The minimum absolute atomic E-state index is 0. The first-order chi connectivity index (χ1) is 11.2. The van der Waals surface area contributed by atoms with Crippen molar-refractivity contribution in [2.75, 3.05) is 59.5 Å². The summed E-state index contributed by atoms with van der Waals surface area (Å²) >= 11 is 0. The van der Waals surface area contributed by atoms with E-state index in [9.17, 15) is 9.59 Å². The van der Waals surface area contributed by atoms with Crippen LogP contribution < -0.4 is 10.6 Å². The van der Waals surface area contributed by atoms with Gasteiger partial charge in [-0.15, -0.1) is 12.4 Å². The second-order valence-corrected chi connectivity index (χ2v) is 6.27. The van der Waals surface area contributed by atoms with Crippen LogP contribution in [0.4, 0.5) is 4.79 Å². The van der Waals surface area contributed by atoms with E-state index in [0.717, 1.165) is 51.9 Å². The molecular formula is C16H31ClN4O3. The lowest BCUT2D eigenvalue weighted by molar-refractivity contribution is -0.126. The van der Waals surface area contributed by atoms with Gasteiger partial charge in [-0.1, -0.05) is 0 Å². The van der Waals surface area contributed by atoms with E-state index in [-0.39, 0.29) is 30.3 Å². The first kappa shape index (κ1) is 21.0. The molecule has 2 N–H and O–H groups in total. The van der Waals surface area contributed by atoms with E-state index in [1.807, 2.05) is 9.80 Å². The van der Waals surface area contributed by atoms with E-state index in [4.69, 9.17) is 4.74 Å². The van der Waals surface area contributed by atoms with Crippen LogP contribution in [0.25, 0.3) is 0 Å². The Balaban J connectivity index is 0.00000288. The van der Waals surface area contributed by atoms with Crippen molar-refractivity contribution in [3.8, 4) is 0 Å². The number of hydrogen-bond donors (Lipinski definition) is 2. The number of likely N-dealkylation sites (tertiary alicyclic amines) is 2. The van der Waals surface area contributed by atoms with E-state index in [0.29, 0.717) is 26.2 Å². The van der Waals surface area contributed by atoms with Crippen LogP contribution in [0.3, 0.4) is 0 Å². The molecule has 140 valence electrons. The number of carbonyl (C=O) groups excluding carboxylic acids is 2. The highest BCUT2D eigenvalue weighted by atomic mass is 35.5. The van der Waals surface area contributed by atoms with Crippen LogP contribution in [0.5, 0.6) is 0 Å². The molecule has 2 saturated heterocycles. The Labute approximate surface area is 150 Å². The predicted octanol–water partition coefficient (Wildman–Crippen LogP) is 0.688. The van der Waals surface area contributed by atoms with Gasteiger partial charge < -0.3 is 25.2 Å². The van der Waals surface area contributed by atoms with Crippen LogP contribution in [0.1, 0.15) is 25.7 Å². The third kappa shape index (κ3) is 6.45. The number of amides is 3. The maximum atomic E-state index is 12.3. The molecule has 2 heterocycles. The third-order valence-corrected chi connectivity index (χ3v) is 4.60. The van der Waals surface area contributed by atoms with E-state index < -0.39 is 0 Å². The summed E-state index contributed by atoms with van der Waals surface area (Å²) in [4.78, 5) is 28.3. The zero-order valence-electron chi connectivity index (χ0n) is 14.6. The summed E-state index contributed by atoms with van der Waals surface area (Å²) < 4.78 is 4.95. The second kappa shape index (κ2) is 11.5. The lowest BCUT2D eigenvalue weighted by atomic mass is 9.96. The summed E-state index contributed by atoms with van der Waals surface area (Å²) in [5, 5.41) is 6.17. The normalized spacial score (nSPS) is 18.4. The van der Waals surface area contributed by atoms with Crippen molar-refractivity contribution >= 4 is 24.3 Å². The van der Waals surface area contributed by atoms with Gasteiger partial charge in [0.1, 0.15) is 0 Å². The van der Waals surface area contributed by atoms with Gasteiger partial charge in [0.25, 0.3) is 0 Å². The molecule has 0 aromatic carbocycles. The molecule has 24 heavy (non-hydrogen) atoms. The minimum atomic E-state index is 0. The van der Waals surface area contributed by atoms with Crippen molar-refractivity contribution in [1.82, 2.24) is 20.4 Å². The molecule has 3 amide bonds. The predicted molar refractivity (Wildman–Crippen MR) is 95.5 cm³/mol. The molecule has 0 saturated carbocycles. The van der Waals surface area contributed by atoms with E-state index in [1.165, 1.54) is 0 Å². The van der Waals surface area contributed by atoms with Crippen molar-refractivity contribution < 1.29 is 14.3 Å². The summed E-state index contributed by atoms with van der Waals surface area (Å²) in [6.07, 6.45) is 3.76. The van der Waals surface area contributed by atoms with E-state index in [1.54, 1.807) is 7.11 Å². The van der Waals surface area contributed by atoms with Crippen molar-refractivity contribution in [3.05, 3.63) is 0 Å². The van der Waals surface area contributed by atoms with Gasteiger partial charge in [0.15, 0.2) is 0 Å². The first-order valence-corrected chi connectivity index (χ1v) is 8.73. The topological polar surface area (TPSA) is 73.9 Å². The Hall–Kier alpha value is -1.05. The lowest BCUT2D eigenvalue weighted by Gasteiger charge is -2.34. The summed E-state index contributed by atoms with van der Waals surface area (Å²) in [6.45, 7) is 6.02. The fraction of sp³-hybridized carbons (Fsp3) is 0.875. The van der Waals surface area contributed by atoms with Gasteiger partial charge in [-0.25, -0.2) is 4.79 Å². The number of nitrogens with one attached hydrogen (secondary N) is 2. The molecule has 0 aromatic rings. The fourth-order valence-corrected chi connectivity index (χ4v) is 3.16. The maximum Gasteiger partial charge on any atom is 0.319 e. The number of hydrogen-bond acceptors (Lipinski definition) is 4. The number of ether oxygens (including phenoxy) is 1. The quantitative estimate of drug-likeness (QED) is 0.653. The molecule has 2 aliphatic heterocycles. The number of rotatable bonds is 7. The number of piperidine rings is 1. The molecule has 0 spiro atoms. The molecule has 0 radical (unpaired) electrons. The highest BCUT2D eigenvalue weighted by molar-refractivity contribution is 5.85. The summed E-state index contributed by atoms with van der Waals surface area (Å²) in [5.74, 6) is 0.156. The molecular weight excluding hydrogens is 332 g/mol. The zero-order chi connectivity index (χ0) is 16.5. The highest BCUT2D eigenvalue weighted by Gasteiger charge is 2.30. The average Bonchev–Trinajstić information content (AvgIpc) is 3.12. The standard InChI is InChI=1S/C16H30N4O3.ClH/c1-23-13-8-17-6-7-18-15(21)14-4-11-20(12-5-14)16(22)19-9-2-3-10-19;/h14,17H,2-13H2,1H3,(H,18,21);1H. The number of carbonyl (C=O) groups is 2. The maximum absolute atomic E-state index is 12.3. The number of nitrogens with zero attached hydrogens (tertiary/aromatic N) is 2. The van der Waals surface area contributed by atoms with Crippen LogP contribution in [-0.2, 0) is 9.53 Å². The van der Waals surface area contributed by atoms with Crippen LogP contribution in [-0.4, -0.2) is 81.3 Å². The van der Waals surface area contributed by atoms with Gasteiger partial charge in [-0.05, 0) is 25.7 Å². The Morgan fingerprint density at radius 1 is 1.00 bits per heavy atom. The van der Waals surface area contributed by atoms with Crippen molar-refractivity contribution in [1.29, 1.82) is 0 Å². The monoisotopic (exact) mass is 362 g/mol. The van der Waals surface area contributed by atoms with Gasteiger partial charge >= 0.3 is 6.03 Å². The van der Waals surface area contributed by atoms with Crippen molar-refractivity contribution in [3.63, 3.8) is 0 Å². The molecule has 0 aromatic heterocycles. The zero-order valence-corrected chi connectivity index (χ0v) is 15.4. The van der Waals surface area contributed by atoms with E-state index in [2.05, 4.69) is 10.6 Å². The molecule has 7 nitrogen and oxygen atoms in total. The average molecular weight is 363 g/mol. The molecule has 2 aliphatic rings. The Morgan fingerprint density at radius 2 is 1.62 bits per heavy atom. The van der Waals surface area contributed by atoms with Crippen LogP contribution >= 0.6 is 12.4 Å². The van der Waals surface area contributed by atoms with Crippen LogP contribution in [0, 0.1) is 5.92 Å². The first-order valence-electron chi connectivity index (χ1n) is 8.73. The van der Waals surface area contributed by atoms with Gasteiger partial charge in [-0.3, -0.25) is 4.79 Å². The minimum Gasteiger partial charge on any atom is -0.383 e. The summed E-state index contributed by atoms with van der Waals surface area (Å²) in [5.41, 5.74) is 0. The van der Waals surface area contributed by atoms with Crippen molar-refractivity contribution in [2.45, 2.75) is 25.7 Å².